The Kier molecular flexibility index (Phi) is 4.05. The van der Waals surface area contributed by atoms with Gasteiger partial charge in [0.15, 0.2) is 0 Å². The summed E-state index contributed by atoms with van der Waals surface area (Å²) in [5, 5.41) is 3.72. The molecule has 1 nitrogen and oxygen atoms in total. The van der Waals surface area contributed by atoms with Crippen LogP contribution in [0.5, 0.6) is 0 Å². The van der Waals surface area contributed by atoms with Crippen molar-refractivity contribution in [2.24, 2.45) is 11.3 Å². The molecular formula is C16H24BrN. The number of rotatable bonds is 2. The van der Waals surface area contributed by atoms with Gasteiger partial charge in [0, 0.05) is 16.2 Å². The summed E-state index contributed by atoms with van der Waals surface area (Å²) in [5.41, 5.74) is 3.05. The molecule has 1 aromatic carbocycles. The predicted molar refractivity (Wildman–Crippen MR) is 83.1 cm³/mol. The molecule has 2 atom stereocenters. The quantitative estimate of drug-likeness (QED) is 0.773. The summed E-state index contributed by atoms with van der Waals surface area (Å²) in [5.74, 6) is 0.738. The van der Waals surface area contributed by atoms with E-state index in [0.29, 0.717) is 11.5 Å². The van der Waals surface area contributed by atoms with Gasteiger partial charge in [-0.05, 0) is 71.1 Å². The number of hydrogen-bond acceptors (Lipinski definition) is 1. The fourth-order valence-electron chi connectivity index (χ4n) is 3.10. The average molecular weight is 310 g/mol. The van der Waals surface area contributed by atoms with Crippen LogP contribution in [0.4, 0.5) is 5.69 Å². The monoisotopic (exact) mass is 309 g/mol. The molecule has 18 heavy (non-hydrogen) atoms. The van der Waals surface area contributed by atoms with Crippen molar-refractivity contribution in [1.29, 1.82) is 0 Å². The van der Waals surface area contributed by atoms with Crippen molar-refractivity contribution in [2.45, 2.75) is 53.0 Å². The number of aryl methyl sites for hydroxylation is 1. The van der Waals surface area contributed by atoms with Gasteiger partial charge in [-0.25, -0.2) is 0 Å². The molecule has 1 aromatic rings. The van der Waals surface area contributed by atoms with E-state index in [2.05, 4.69) is 67.1 Å². The molecule has 0 amide bonds. The van der Waals surface area contributed by atoms with Crippen LogP contribution < -0.4 is 5.32 Å². The van der Waals surface area contributed by atoms with E-state index >= 15 is 0 Å². The Morgan fingerprint density at radius 1 is 1.33 bits per heavy atom. The SMILES string of the molecule is Cc1ccc(NC2CCC(C)(C)CC2C)c(Br)c1. The summed E-state index contributed by atoms with van der Waals surface area (Å²) in [6.45, 7) is 9.28. The third kappa shape index (κ3) is 3.28. The van der Waals surface area contributed by atoms with Crippen LogP contribution in [0, 0.1) is 18.3 Å². The second-order valence-electron chi connectivity index (χ2n) is 6.62. The molecule has 0 bridgehead atoms. The van der Waals surface area contributed by atoms with Crippen molar-refractivity contribution >= 4 is 21.6 Å². The molecule has 0 radical (unpaired) electrons. The molecule has 1 saturated carbocycles. The average Bonchev–Trinajstić information content (AvgIpc) is 2.24. The molecule has 0 aromatic heterocycles. The summed E-state index contributed by atoms with van der Waals surface area (Å²) >= 11 is 3.65. The molecule has 0 spiro atoms. The van der Waals surface area contributed by atoms with E-state index < -0.39 is 0 Å². The zero-order valence-corrected chi connectivity index (χ0v) is 13.5. The molecule has 2 unspecified atom stereocenters. The topological polar surface area (TPSA) is 12.0 Å². The third-order valence-corrected chi connectivity index (χ3v) is 4.82. The number of hydrogen-bond donors (Lipinski definition) is 1. The third-order valence-electron chi connectivity index (χ3n) is 4.16. The molecule has 0 heterocycles. The molecule has 100 valence electrons. The largest absolute Gasteiger partial charge is 0.381 e. The molecule has 1 aliphatic carbocycles. The highest BCUT2D eigenvalue weighted by atomic mass is 79.9. The minimum Gasteiger partial charge on any atom is -0.381 e. The molecule has 1 aliphatic rings. The van der Waals surface area contributed by atoms with Gasteiger partial charge < -0.3 is 5.32 Å². The van der Waals surface area contributed by atoms with Crippen molar-refractivity contribution in [3.63, 3.8) is 0 Å². The molecule has 0 aliphatic heterocycles. The minimum absolute atomic E-state index is 0.516. The van der Waals surface area contributed by atoms with Gasteiger partial charge in [-0.1, -0.05) is 26.8 Å². The lowest BCUT2D eigenvalue weighted by atomic mass is 9.70. The molecule has 0 saturated heterocycles. The van der Waals surface area contributed by atoms with Gasteiger partial charge in [-0.2, -0.15) is 0 Å². The van der Waals surface area contributed by atoms with E-state index in [1.807, 2.05) is 0 Å². The van der Waals surface area contributed by atoms with Crippen LogP contribution >= 0.6 is 15.9 Å². The zero-order chi connectivity index (χ0) is 13.3. The van der Waals surface area contributed by atoms with Crippen LogP contribution in [0.2, 0.25) is 0 Å². The highest BCUT2D eigenvalue weighted by molar-refractivity contribution is 9.10. The van der Waals surface area contributed by atoms with E-state index in [1.165, 1.54) is 35.0 Å². The van der Waals surface area contributed by atoms with Crippen molar-refractivity contribution in [3.05, 3.63) is 28.2 Å². The summed E-state index contributed by atoms with van der Waals surface area (Å²) in [6, 6.07) is 7.15. The highest BCUT2D eigenvalue weighted by Gasteiger charge is 2.32. The molecule has 1 fully saturated rings. The maximum Gasteiger partial charge on any atom is 0.0487 e. The van der Waals surface area contributed by atoms with Crippen LogP contribution in [0.25, 0.3) is 0 Å². The zero-order valence-electron chi connectivity index (χ0n) is 11.9. The van der Waals surface area contributed by atoms with Gasteiger partial charge in [0.1, 0.15) is 0 Å². The first-order valence-corrected chi connectivity index (χ1v) is 7.69. The first-order chi connectivity index (χ1) is 8.37. The van der Waals surface area contributed by atoms with Crippen LogP contribution in [0.15, 0.2) is 22.7 Å². The second-order valence-corrected chi connectivity index (χ2v) is 7.47. The Hall–Kier alpha value is -0.500. The fraction of sp³-hybridized carbons (Fsp3) is 0.625. The first-order valence-electron chi connectivity index (χ1n) is 6.90. The molecule has 2 rings (SSSR count). The Morgan fingerprint density at radius 2 is 2.06 bits per heavy atom. The number of anilines is 1. The number of benzene rings is 1. The van der Waals surface area contributed by atoms with Crippen LogP contribution in [-0.4, -0.2) is 6.04 Å². The van der Waals surface area contributed by atoms with E-state index in [4.69, 9.17) is 0 Å². The van der Waals surface area contributed by atoms with Crippen LogP contribution in [0.3, 0.4) is 0 Å². The summed E-state index contributed by atoms with van der Waals surface area (Å²) in [6.07, 6.45) is 3.90. The molecule has 2 heteroatoms. The van der Waals surface area contributed by atoms with E-state index in [-0.39, 0.29) is 0 Å². The van der Waals surface area contributed by atoms with Crippen molar-refractivity contribution in [1.82, 2.24) is 0 Å². The van der Waals surface area contributed by atoms with Crippen molar-refractivity contribution in [3.8, 4) is 0 Å². The Labute approximate surface area is 119 Å². The van der Waals surface area contributed by atoms with Gasteiger partial charge in [-0.15, -0.1) is 0 Å². The lowest BCUT2D eigenvalue weighted by molar-refractivity contribution is 0.177. The number of halogens is 1. The van der Waals surface area contributed by atoms with Crippen molar-refractivity contribution in [2.75, 3.05) is 5.32 Å². The first kappa shape index (κ1) is 13.9. The molecular weight excluding hydrogens is 286 g/mol. The van der Waals surface area contributed by atoms with Crippen LogP contribution in [-0.2, 0) is 0 Å². The Bertz CT molecular complexity index is 425. The highest BCUT2D eigenvalue weighted by Crippen LogP contribution is 2.40. The maximum absolute atomic E-state index is 3.72. The summed E-state index contributed by atoms with van der Waals surface area (Å²) in [7, 11) is 0. The molecule has 1 N–H and O–H groups in total. The number of nitrogens with one attached hydrogen (secondary N) is 1. The lowest BCUT2D eigenvalue weighted by Crippen LogP contribution is -2.36. The second kappa shape index (κ2) is 5.24. The maximum atomic E-state index is 3.72. The lowest BCUT2D eigenvalue weighted by Gasteiger charge is -2.40. The van der Waals surface area contributed by atoms with E-state index in [0.717, 1.165) is 5.92 Å². The smallest absolute Gasteiger partial charge is 0.0487 e. The van der Waals surface area contributed by atoms with Crippen molar-refractivity contribution < 1.29 is 0 Å². The summed E-state index contributed by atoms with van der Waals surface area (Å²) < 4.78 is 1.18. The van der Waals surface area contributed by atoms with Gasteiger partial charge in [0.2, 0.25) is 0 Å². The van der Waals surface area contributed by atoms with Gasteiger partial charge in [0.25, 0.3) is 0 Å². The van der Waals surface area contributed by atoms with Gasteiger partial charge in [-0.3, -0.25) is 0 Å². The predicted octanol–water partition coefficient (Wildman–Crippen LogP) is 5.38. The normalized spacial score (nSPS) is 26.9. The van der Waals surface area contributed by atoms with Crippen LogP contribution in [0.1, 0.15) is 45.6 Å². The standard InChI is InChI=1S/C16H24BrN/c1-11-5-6-15(13(17)9-11)18-14-7-8-16(3,4)10-12(14)2/h5-6,9,12,14,18H,7-8,10H2,1-4H3. The van der Waals surface area contributed by atoms with E-state index in [9.17, 15) is 0 Å². The Balaban J connectivity index is 2.06. The fourth-order valence-corrected chi connectivity index (χ4v) is 3.71. The minimum atomic E-state index is 0.516. The van der Waals surface area contributed by atoms with Gasteiger partial charge >= 0.3 is 0 Å². The summed E-state index contributed by atoms with van der Waals surface area (Å²) in [4.78, 5) is 0. The van der Waals surface area contributed by atoms with Gasteiger partial charge in [0.05, 0.1) is 0 Å². The Morgan fingerprint density at radius 3 is 2.67 bits per heavy atom. The van der Waals surface area contributed by atoms with E-state index in [1.54, 1.807) is 0 Å².